The largest absolute Gasteiger partial charge is 0.497 e. The maximum atomic E-state index is 12.4. The van der Waals surface area contributed by atoms with Gasteiger partial charge in [-0.15, -0.1) is 0 Å². The van der Waals surface area contributed by atoms with Gasteiger partial charge in [-0.3, -0.25) is 4.89 Å². The molecule has 1 radical (unpaired) electrons. The molecule has 0 saturated heterocycles. The van der Waals surface area contributed by atoms with Crippen molar-refractivity contribution >= 4 is 5.97 Å². The van der Waals surface area contributed by atoms with Crippen LogP contribution in [0.5, 0.6) is 11.5 Å². The van der Waals surface area contributed by atoms with Crippen molar-refractivity contribution in [1.82, 2.24) is 0 Å². The van der Waals surface area contributed by atoms with Crippen molar-refractivity contribution in [3.05, 3.63) is 29.9 Å². The van der Waals surface area contributed by atoms with E-state index in [1.807, 2.05) is 0 Å². The number of hydrogen-bond donors (Lipinski definition) is 0. The molecule has 1 aromatic rings. The molecule has 0 atom stereocenters. The fourth-order valence-electron chi connectivity index (χ4n) is 3.20. The highest BCUT2D eigenvalue weighted by molar-refractivity contribution is 5.92. The summed E-state index contributed by atoms with van der Waals surface area (Å²) in [5.41, 5.74) is 0.321. The molecule has 0 aromatic heterocycles. The highest BCUT2D eigenvalue weighted by Gasteiger charge is 2.19. The predicted octanol–water partition coefficient (Wildman–Crippen LogP) is 5.63. The van der Waals surface area contributed by atoms with Crippen LogP contribution in [0.2, 0.25) is 0 Å². The SMILES string of the molecule is COc1ccc(C(=O)OO[C]2CCCCCCCCCCC2)c(OC)c1. The number of carbonyl (C=O) groups excluding carboxylic acids is 1. The lowest BCUT2D eigenvalue weighted by molar-refractivity contribution is -0.237. The first-order valence-corrected chi connectivity index (χ1v) is 9.70. The van der Waals surface area contributed by atoms with Crippen molar-refractivity contribution in [3.8, 4) is 11.5 Å². The van der Waals surface area contributed by atoms with Crippen LogP contribution in [0.15, 0.2) is 18.2 Å². The van der Waals surface area contributed by atoms with Crippen molar-refractivity contribution in [1.29, 1.82) is 0 Å². The molecule has 1 aliphatic rings. The van der Waals surface area contributed by atoms with Gasteiger partial charge >= 0.3 is 5.97 Å². The Hall–Kier alpha value is -1.75. The van der Waals surface area contributed by atoms with E-state index < -0.39 is 5.97 Å². The van der Waals surface area contributed by atoms with Gasteiger partial charge in [0.25, 0.3) is 0 Å². The van der Waals surface area contributed by atoms with E-state index in [9.17, 15) is 4.79 Å². The van der Waals surface area contributed by atoms with E-state index in [4.69, 9.17) is 19.2 Å². The van der Waals surface area contributed by atoms with E-state index in [1.165, 1.54) is 52.1 Å². The van der Waals surface area contributed by atoms with E-state index in [-0.39, 0.29) is 0 Å². The molecule has 2 rings (SSSR count). The molecular formula is C21H31O5. The zero-order valence-electron chi connectivity index (χ0n) is 16.1. The normalized spacial score (nSPS) is 17.6. The van der Waals surface area contributed by atoms with Crippen LogP contribution in [0.1, 0.15) is 81.0 Å². The summed E-state index contributed by atoms with van der Waals surface area (Å²) < 4.78 is 10.4. The van der Waals surface area contributed by atoms with Crippen LogP contribution in [0.25, 0.3) is 0 Å². The molecule has 0 spiro atoms. The van der Waals surface area contributed by atoms with Crippen molar-refractivity contribution in [3.63, 3.8) is 0 Å². The average Bonchev–Trinajstić information content (AvgIpc) is 2.66. The maximum absolute atomic E-state index is 12.4. The summed E-state index contributed by atoms with van der Waals surface area (Å²) in [6, 6.07) is 4.97. The van der Waals surface area contributed by atoms with E-state index in [1.54, 1.807) is 25.3 Å². The summed E-state index contributed by atoms with van der Waals surface area (Å²) in [4.78, 5) is 22.9. The topological polar surface area (TPSA) is 54.0 Å². The van der Waals surface area contributed by atoms with E-state index in [0.717, 1.165) is 31.8 Å². The van der Waals surface area contributed by atoms with E-state index >= 15 is 0 Å². The molecule has 1 aliphatic carbocycles. The molecule has 145 valence electrons. The van der Waals surface area contributed by atoms with Gasteiger partial charge < -0.3 is 9.47 Å². The van der Waals surface area contributed by atoms with Crippen LogP contribution in [-0.4, -0.2) is 20.2 Å². The van der Waals surface area contributed by atoms with Crippen LogP contribution < -0.4 is 9.47 Å². The van der Waals surface area contributed by atoms with Crippen molar-refractivity contribution in [2.24, 2.45) is 0 Å². The first-order valence-electron chi connectivity index (χ1n) is 9.70. The van der Waals surface area contributed by atoms with Crippen molar-refractivity contribution < 1.29 is 24.0 Å². The molecule has 0 amide bonds. The minimum absolute atomic E-state index is 0.321. The fraction of sp³-hybridized carbons (Fsp3) is 0.619. The summed E-state index contributed by atoms with van der Waals surface area (Å²) in [7, 11) is 3.07. The minimum atomic E-state index is -0.553. The molecule has 1 fully saturated rings. The second-order valence-corrected chi connectivity index (χ2v) is 6.74. The Morgan fingerprint density at radius 3 is 1.92 bits per heavy atom. The number of benzene rings is 1. The predicted molar refractivity (Wildman–Crippen MR) is 100 cm³/mol. The van der Waals surface area contributed by atoms with Gasteiger partial charge in [0.2, 0.25) is 0 Å². The summed E-state index contributed by atoms with van der Waals surface area (Å²) >= 11 is 0. The molecule has 1 aromatic carbocycles. The van der Waals surface area contributed by atoms with Gasteiger partial charge in [0, 0.05) is 6.07 Å². The first kappa shape index (κ1) is 20.6. The minimum Gasteiger partial charge on any atom is -0.497 e. The van der Waals surface area contributed by atoms with Gasteiger partial charge in [0.15, 0.2) is 0 Å². The lowest BCUT2D eigenvalue weighted by Gasteiger charge is -2.16. The standard InChI is InChI=1S/C21H31O5/c1-23-18-14-15-19(20(16-18)24-2)21(22)26-25-17-12-10-8-6-4-3-5-7-9-11-13-17/h14-16H,3-13H2,1-2H3. The maximum Gasteiger partial charge on any atom is 0.376 e. The highest BCUT2D eigenvalue weighted by atomic mass is 17.2. The summed E-state index contributed by atoms with van der Waals surface area (Å²) in [5, 5.41) is 0. The first-order chi connectivity index (χ1) is 12.7. The van der Waals surface area contributed by atoms with E-state index in [0.29, 0.717) is 17.1 Å². The Morgan fingerprint density at radius 1 is 0.808 bits per heavy atom. The quantitative estimate of drug-likeness (QED) is 0.501. The zero-order valence-corrected chi connectivity index (χ0v) is 16.1. The summed E-state index contributed by atoms with van der Waals surface area (Å²) in [6.45, 7) is 0. The molecule has 0 aliphatic heterocycles. The molecule has 0 heterocycles. The molecule has 0 unspecified atom stereocenters. The van der Waals surface area contributed by atoms with Gasteiger partial charge in [0.1, 0.15) is 23.2 Å². The number of methoxy groups -OCH3 is 2. The molecular weight excluding hydrogens is 332 g/mol. The number of ether oxygens (including phenoxy) is 2. The molecule has 26 heavy (non-hydrogen) atoms. The Morgan fingerprint density at radius 2 is 1.38 bits per heavy atom. The van der Waals surface area contributed by atoms with Gasteiger partial charge in [0.05, 0.1) is 14.2 Å². The van der Waals surface area contributed by atoms with Crippen molar-refractivity contribution in [2.45, 2.75) is 70.6 Å². The van der Waals surface area contributed by atoms with Crippen molar-refractivity contribution in [2.75, 3.05) is 14.2 Å². The molecule has 1 saturated carbocycles. The van der Waals surface area contributed by atoms with Gasteiger partial charge in [-0.25, -0.2) is 4.79 Å². The third-order valence-electron chi connectivity index (χ3n) is 4.78. The van der Waals surface area contributed by atoms with Gasteiger partial charge in [-0.2, -0.15) is 4.89 Å². The Labute approximate surface area is 156 Å². The monoisotopic (exact) mass is 363 g/mol. The highest BCUT2D eigenvalue weighted by Crippen LogP contribution is 2.27. The Bertz CT molecular complexity index is 531. The van der Waals surface area contributed by atoms with Gasteiger partial charge in [-0.1, -0.05) is 57.8 Å². The Kier molecular flexibility index (Phi) is 9.32. The third-order valence-corrected chi connectivity index (χ3v) is 4.78. The molecule has 0 N–H and O–H groups in total. The number of hydrogen-bond acceptors (Lipinski definition) is 5. The molecule has 0 bridgehead atoms. The van der Waals surface area contributed by atoms with E-state index in [2.05, 4.69) is 0 Å². The van der Waals surface area contributed by atoms with Crippen LogP contribution >= 0.6 is 0 Å². The van der Waals surface area contributed by atoms with Crippen LogP contribution in [0, 0.1) is 6.10 Å². The lowest BCUT2D eigenvalue weighted by atomic mass is 9.99. The average molecular weight is 363 g/mol. The number of rotatable bonds is 5. The van der Waals surface area contributed by atoms with Crippen LogP contribution in [-0.2, 0) is 9.78 Å². The van der Waals surface area contributed by atoms with Crippen LogP contribution in [0.4, 0.5) is 0 Å². The third kappa shape index (κ3) is 6.87. The van der Waals surface area contributed by atoms with Gasteiger partial charge in [-0.05, 0) is 25.0 Å². The summed E-state index contributed by atoms with van der Waals surface area (Å²) in [5.74, 6) is 0.470. The zero-order chi connectivity index (χ0) is 18.6. The van der Waals surface area contributed by atoms with Crippen LogP contribution in [0.3, 0.4) is 0 Å². The fourth-order valence-corrected chi connectivity index (χ4v) is 3.20. The number of carbonyl (C=O) groups is 1. The second-order valence-electron chi connectivity index (χ2n) is 6.74. The molecule has 5 heteroatoms. The second kappa shape index (κ2) is 11.8. The summed E-state index contributed by atoms with van der Waals surface area (Å²) in [6.07, 6.45) is 13.7. The smallest absolute Gasteiger partial charge is 0.376 e. The Balaban J connectivity index is 1.88. The lowest BCUT2D eigenvalue weighted by Crippen LogP contribution is -2.12. The molecule has 5 nitrogen and oxygen atoms in total.